The first kappa shape index (κ1) is 15.5. The van der Waals surface area contributed by atoms with Gasteiger partial charge in [0, 0.05) is 5.41 Å². The first-order valence-corrected chi connectivity index (χ1v) is 6.44. The van der Waals surface area contributed by atoms with E-state index in [2.05, 4.69) is 6.58 Å². The molecule has 1 heterocycles. The van der Waals surface area contributed by atoms with Gasteiger partial charge < -0.3 is 9.47 Å². The summed E-state index contributed by atoms with van der Waals surface area (Å²) in [6, 6.07) is 0. The van der Waals surface area contributed by atoms with Crippen LogP contribution in [0.4, 0.5) is 0 Å². The van der Waals surface area contributed by atoms with Gasteiger partial charge >= 0.3 is 11.9 Å². The molecule has 4 heteroatoms. The molecule has 1 fully saturated rings. The fraction of sp³-hybridized carbons (Fsp3) is 0.600. The summed E-state index contributed by atoms with van der Waals surface area (Å²) in [5, 5.41) is 0. The van der Waals surface area contributed by atoms with Crippen LogP contribution in [0.3, 0.4) is 0 Å². The summed E-state index contributed by atoms with van der Waals surface area (Å²) in [7, 11) is 0. The van der Waals surface area contributed by atoms with Gasteiger partial charge in [-0.1, -0.05) is 32.1 Å². The van der Waals surface area contributed by atoms with Crippen molar-refractivity contribution < 1.29 is 19.1 Å². The van der Waals surface area contributed by atoms with Crippen LogP contribution in [0.2, 0.25) is 0 Å². The fourth-order valence-electron chi connectivity index (χ4n) is 2.45. The third kappa shape index (κ3) is 2.72. The zero-order valence-electron chi connectivity index (χ0n) is 12.3. The molecule has 0 radical (unpaired) electrons. The molecule has 1 rings (SSSR count). The normalized spacial score (nSPS) is 24.6. The Labute approximate surface area is 114 Å². The molecular formula is C15H22O4. The van der Waals surface area contributed by atoms with Gasteiger partial charge in [-0.25, -0.2) is 0 Å². The second-order valence-corrected chi connectivity index (χ2v) is 5.48. The van der Waals surface area contributed by atoms with Crippen molar-refractivity contribution >= 4 is 11.9 Å². The van der Waals surface area contributed by atoms with E-state index in [1.165, 1.54) is 0 Å². The maximum atomic E-state index is 12.0. The molecule has 0 aromatic carbocycles. The Morgan fingerprint density at radius 2 is 2.05 bits per heavy atom. The molecule has 2 atom stereocenters. The summed E-state index contributed by atoms with van der Waals surface area (Å²) in [5.41, 5.74) is 1.22. The fourth-order valence-corrected chi connectivity index (χ4v) is 2.45. The zero-order valence-corrected chi connectivity index (χ0v) is 12.3. The number of rotatable bonds is 4. The van der Waals surface area contributed by atoms with Crippen LogP contribution in [-0.2, 0) is 19.1 Å². The van der Waals surface area contributed by atoms with Crippen molar-refractivity contribution in [3.8, 4) is 0 Å². The maximum Gasteiger partial charge on any atom is 0.321 e. The molecule has 1 aliphatic heterocycles. The molecular weight excluding hydrogens is 244 g/mol. The molecule has 0 bridgehead atoms. The highest BCUT2D eigenvalue weighted by Crippen LogP contribution is 2.44. The highest BCUT2D eigenvalue weighted by atomic mass is 16.6. The summed E-state index contributed by atoms with van der Waals surface area (Å²) in [6.45, 7) is 13.3. The van der Waals surface area contributed by atoms with E-state index in [9.17, 15) is 9.59 Å². The lowest BCUT2D eigenvalue weighted by molar-refractivity contribution is -0.157. The highest BCUT2D eigenvalue weighted by Gasteiger charge is 2.56. The smallest absolute Gasteiger partial charge is 0.321 e. The zero-order chi connectivity index (χ0) is 14.8. The molecule has 1 saturated heterocycles. The topological polar surface area (TPSA) is 52.6 Å². The van der Waals surface area contributed by atoms with E-state index in [0.717, 1.165) is 11.1 Å². The predicted molar refractivity (Wildman–Crippen MR) is 72.4 cm³/mol. The van der Waals surface area contributed by atoms with Gasteiger partial charge in [-0.15, -0.1) is 0 Å². The van der Waals surface area contributed by atoms with Crippen LogP contribution in [-0.4, -0.2) is 24.6 Å². The van der Waals surface area contributed by atoms with E-state index in [-0.39, 0.29) is 6.61 Å². The largest absolute Gasteiger partial charge is 0.465 e. The van der Waals surface area contributed by atoms with Crippen molar-refractivity contribution in [3.63, 3.8) is 0 Å². The molecule has 2 unspecified atom stereocenters. The Kier molecular flexibility index (Phi) is 4.56. The average molecular weight is 266 g/mol. The van der Waals surface area contributed by atoms with Crippen LogP contribution < -0.4 is 0 Å². The molecule has 1 aliphatic rings. The molecule has 19 heavy (non-hydrogen) atoms. The van der Waals surface area contributed by atoms with Crippen molar-refractivity contribution in [3.05, 3.63) is 23.8 Å². The van der Waals surface area contributed by atoms with Crippen LogP contribution >= 0.6 is 0 Å². The monoisotopic (exact) mass is 266 g/mol. The van der Waals surface area contributed by atoms with Gasteiger partial charge in [0.1, 0.15) is 6.10 Å². The quantitative estimate of drug-likeness (QED) is 0.446. The Balaban J connectivity index is 3.16. The van der Waals surface area contributed by atoms with E-state index in [4.69, 9.17) is 9.47 Å². The van der Waals surface area contributed by atoms with Crippen LogP contribution in [0, 0.1) is 11.3 Å². The lowest BCUT2D eigenvalue weighted by atomic mass is 9.73. The number of allylic oxidation sites excluding steroid dienone is 1. The van der Waals surface area contributed by atoms with Crippen molar-refractivity contribution in [1.82, 2.24) is 0 Å². The lowest BCUT2D eigenvalue weighted by Crippen LogP contribution is -2.37. The number of hydrogen-bond acceptors (Lipinski definition) is 4. The minimum atomic E-state index is -0.883. The van der Waals surface area contributed by atoms with E-state index in [1.807, 2.05) is 27.7 Å². The van der Waals surface area contributed by atoms with Crippen molar-refractivity contribution in [2.75, 3.05) is 6.61 Å². The number of esters is 2. The van der Waals surface area contributed by atoms with E-state index < -0.39 is 29.4 Å². The number of carbonyl (C=O) groups is 2. The van der Waals surface area contributed by atoms with Gasteiger partial charge in [0.05, 0.1) is 6.61 Å². The summed E-state index contributed by atoms with van der Waals surface area (Å²) in [4.78, 5) is 23.9. The maximum absolute atomic E-state index is 12.0. The van der Waals surface area contributed by atoms with E-state index in [1.54, 1.807) is 13.0 Å². The second kappa shape index (κ2) is 5.59. The van der Waals surface area contributed by atoms with Gasteiger partial charge in [0.15, 0.2) is 5.92 Å². The summed E-state index contributed by atoms with van der Waals surface area (Å²) in [5.74, 6) is -1.92. The second-order valence-electron chi connectivity index (χ2n) is 5.48. The first-order valence-electron chi connectivity index (χ1n) is 6.44. The molecule has 0 N–H and O–H groups in total. The predicted octanol–water partition coefficient (Wildman–Crippen LogP) is 2.64. The molecule has 0 aliphatic carbocycles. The summed E-state index contributed by atoms with van der Waals surface area (Å²) < 4.78 is 10.4. The molecule has 0 saturated carbocycles. The number of cyclic esters (lactones) is 1. The number of hydrogen-bond donors (Lipinski definition) is 0. The third-order valence-electron chi connectivity index (χ3n) is 3.49. The molecule has 0 spiro atoms. The SMILES string of the molecule is C=CC(=C(C)C)C1OC(=O)C(C(=O)OCC)C1(C)C. The van der Waals surface area contributed by atoms with Crippen LogP contribution in [0.15, 0.2) is 23.8 Å². The number of ether oxygens (including phenoxy) is 2. The Morgan fingerprint density at radius 3 is 2.47 bits per heavy atom. The average Bonchev–Trinajstić information content (AvgIpc) is 2.50. The van der Waals surface area contributed by atoms with Gasteiger partial charge in [-0.2, -0.15) is 0 Å². The third-order valence-corrected chi connectivity index (χ3v) is 3.49. The Morgan fingerprint density at radius 1 is 1.47 bits per heavy atom. The van der Waals surface area contributed by atoms with Crippen LogP contribution in [0.5, 0.6) is 0 Å². The lowest BCUT2D eigenvalue weighted by Gasteiger charge is -2.28. The van der Waals surface area contributed by atoms with Gasteiger partial charge in [-0.05, 0) is 26.3 Å². The van der Waals surface area contributed by atoms with Crippen LogP contribution in [0.25, 0.3) is 0 Å². The first-order chi connectivity index (χ1) is 8.77. The molecule has 0 aromatic heterocycles. The van der Waals surface area contributed by atoms with Gasteiger partial charge in [0.25, 0.3) is 0 Å². The standard InChI is InChI=1S/C15H22O4/c1-7-10(9(3)4)12-15(5,6)11(14(17)19-12)13(16)18-8-2/h7,11-12H,1,8H2,2-6H3. The summed E-state index contributed by atoms with van der Waals surface area (Å²) >= 11 is 0. The summed E-state index contributed by atoms with van der Waals surface area (Å²) in [6.07, 6.45) is 1.22. The van der Waals surface area contributed by atoms with Crippen molar-refractivity contribution in [1.29, 1.82) is 0 Å². The Bertz CT molecular complexity index is 427. The van der Waals surface area contributed by atoms with Crippen LogP contribution in [0.1, 0.15) is 34.6 Å². The molecule has 4 nitrogen and oxygen atoms in total. The Hall–Kier alpha value is -1.58. The van der Waals surface area contributed by atoms with Gasteiger partial charge in [-0.3, -0.25) is 9.59 Å². The highest BCUT2D eigenvalue weighted by molar-refractivity contribution is 5.97. The minimum absolute atomic E-state index is 0.250. The van der Waals surface area contributed by atoms with Crippen molar-refractivity contribution in [2.45, 2.75) is 40.7 Å². The molecule has 0 amide bonds. The van der Waals surface area contributed by atoms with E-state index in [0.29, 0.717) is 0 Å². The molecule has 0 aromatic rings. The van der Waals surface area contributed by atoms with E-state index >= 15 is 0 Å². The minimum Gasteiger partial charge on any atom is -0.465 e. The number of carbonyl (C=O) groups excluding carboxylic acids is 2. The molecule has 106 valence electrons. The van der Waals surface area contributed by atoms with Gasteiger partial charge in [0.2, 0.25) is 0 Å². The van der Waals surface area contributed by atoms with Crippen molar-refractivity contribution in [2.24, 2.45) is 11.3 Å².